The number of halogens is 1. The van der Waals surface area contributed by atoms with E-state index in [4.69, 9.17) is 0 Å². The monoisotopic (exact) mass is 274 g/mol. The Kier molecular flexibility index (Phi) is 2.66. The molecule has 0 bridgehead atoms. The second-order valence-electron chi connectivity index (χ2n) is 3.55. The van der Waals surface area contributed by atoms with Gasteiger partial charge in [-0.15, -0.1) is 0 Å². The molecule has 1 atom stereocenters. The Morgan fingerprint density at radius 2 is 2.00 bits per heavy atom. The molecule has 0 spiro atoms. The van der Waals surface area contributed by atoms with Gasteiger partial charge in [0.2, 0.25) is 0 Å². The Bertz CT molecular complexity index is 439. The Balaban J connectivity index is 2.51. The zero-order chi connectivity index (χ0) is 10.2. The van der Waals surface area contributed by atoms with Crippen LogP contribution in [0.4, 0.5) is 0 Å². The van der Waals surface area contributed by atoms with Gasteiger partial charge >= 0.3 is 0 Å². The molecule has 2 rings (SSSR count). The highest BCUT2D eigenvalue weighted by Gasteiger charge is 2.23. The van der Waals surface area contributed by atoms with Crippen molar-refractivity contribution < 1.29 is 8.42 Å². The zero-order valence-electron chi connectivity index (χ0n) is 7.61. The second-order valence-corrected chi connectivity index (χ2v) is 6.84. The molecule has 2 nitrogen and oxygen atoms in total. The molecule has 76 valence electrons. The first-order valence-corrected chi connectivity index (χ1v) is 7.24. The summed E-state index contributed by atoms with van der Waals surface area (Å²) in [5.41, 5.74) is 2.06. The van der Waals surface area contributed by atoms with E-state index < -0.39 is 9.84 Å². The molecule has 0 fully saturated rings. The fourth-order valence-corrected chi connectivity index (χ4v) is 4.17. The number of hydrogen-bond donors (Lipinski definition) is 0. The number of sulfone groups is 1. The van der Waals surface area contributed by atoms with Gasteiger partial charge in [0, 0.05) is 4.83 Å². The predicted octanol–water partition coefficient (Wildman–Crippen LogP) is 2.44. The molecule has 1 aliphatic rings. The second kappa shape index (κ2) is 3.66. The minimum Gasteiger partial charge on any atom is -0.228 e. The predicted molar refractivity (Wildman–Crippen MR) is 60.2 cm³/mol. The Morgan fingerprint density at radius 3 is 2.79 bits per heavy atom. The topological polar surface area (TPSA) is 34.1 Å². The minimum atomic E-state index is -2.90. The van der Waals surface area contributed by atoms with Crippen LogP contribution >= 0.6 is 15.9 Å². The molecule has 1 aromatic rings. The Hall–Kier alpha value is -0.350. The molecule has 0 saturated carbocycles. The molecule has 0 saturated heterocycles. The van der Waals surface area contributed by atoms with Crippen LogP contribution in [0, 0.1) is 0 Å². The molecule has 0 aliphatic carbocycles. The molecule has 0 radical (unpaired) electrons. The van der Waals surface area contributed by atoms with Crippen molar-refractivity contribution >= 4 is 25.8 Å². The van der Waals surface area contributed by atoms with Crippen molar-refractivity contribution in [1.29, 1.82) is 0 Å². The third-order valence-electron chi connectivity index (χ3n) is 2.45. The van der Waals surface area contributed by atoms with Gasteiger partial charge in [-0.2, -0.15) is 0 Å². The van der Waals surface area contributed by atoms with Gasteiger partial charge in [-0.3, -0.25) is 0 Å². The van der Waals surface area contributed by atoms with Crippen LogP contribution in [0.15, 0.2) is 24.3 Å². The van der Waals surface area contributed by atoms with Gasteiger partial charge in [0.1, 0.15) is 0 Å². The SMILES string of the molecule is O=S1(=O)CC[C@H](Br)c2ccccc2C1. The lowest BCUT2D eigenvalue weighted by molar-refractivity contribution is 0.594. The fourth-order valence-electron chi connectivity index (χ4n) is 1.72. The number of fused-ring (bicyclic) bond motifs is 1. The van der Waals surface area contributed by atoms with Gasteiger partial charge in [0.15, 0.2) is 9.84 Å². The highest BCUT2D eigenvalue weighted by Crippen LogP contribution is 2.33. The van der Waals surface area contributed by atoms with Gasteiger partial charge in [-0.1, -0.05) is 40.2 Å². The van der Waals surface area contributed by atoms with Gasteiger partial charge in [0.25, 0.3) is 0 Å². The van der Waals surface area contributed by atoms with Crippen molar-refractivity contribution in [2.24, 2.45) is 0 Å². The molecule has 1 aliphatic heterocycles. The molecule has 0 amide bonds. The molecule has 1 aromatic carbocycles. The van der Waals surface area contributed by atoms with Crippen molar-refractivity contribution in [3.63, 3.8) is 0 Å². The molecule has 0 N–H and O–H groups in total. The standard InChI is InChI=1S/C10H11BrO2S/c11-10-5-6-14(12,13)7-8-3-1-2-4-9(8)10/h1-4,10H,5-7H2/t10-/m0/s1. The summed E-state index contributed by atoms with van der Waals surface area (Å²) >= 11 is 3.52. The van der Waals surface area contributed by atoms with E-state index in [1.54, 1.807) is 0 Å². The smallest absolute Gasteiger partial charge is 0.154 e. The summed E-state index contributed by atoms with van der Waals surface area (Å²) in [5.74, 6) is 0.461. The van der Waals surface area contributed by atoms with Crippen LogP contribution in [0.5, 0.6) is 0 Å². The van der Waals surface area contributed by atoms with Crippen LogP contribution < -0.4 is 0 Å². The van der Waals surface area contributed by atoms with Crippen molar-refractivity contribution in [2.45, 2.75) is 17.0 Å². The van der Waals surface area contributed by atoms with E-state index in [0.717, 1.165) is 11.1 Å². The van der Waals surface area contributed by atoms with Crippen molar-refractivity contribution in [3.05, 3.63) is 35.4 Å². The first kappa shape index (κ1) is 10.2. The minimum absolute atomic E-state index is 0.177. The van der Waals surface area contributed by atoms with Crippen LogP contribution in [-0.2, 0) is 15.6 Å². The maximum absolute atomic E-state index is 11.6. The summed E-state index contributed by atoms with van der Waals surface area (Å²) < 4.78 is 23.1. The fraction of sp³-hybridized carbons (Fsp3) is 0.400. The summed E-state index contributed by atoms with van der Waals surface area (Å²) in [6, 6.07) is 7.73. The van der Waals surface area contributed by atoms with Crippen LogP contribution in [0.3, 0.4) is 0 Å². The lowest BCUT2D eigenvalue weighted by Crippen LogP contribution is -2.06. The molecular formula is C10H11BrO2S. The zero-order valence-corrected chi connectivity index (χ0v) is 10.0. The van der Waals surface area contributed by atoms with E-state index in [0.29, 0.717) is 6.42 Å². The van der Waals surface area contributed by atoms with Crippen molar-refractivity contribution in [2.75, 3.05) is 5.75 Å². The average molecular weight is 275 g/mol. The van der Waals surface area contributed by atoms with E-state index in [-0.39, 0.29) is 16.3 Å². The van der Waals surface area contributed by atoms with E-state index in [2.05, 4.69) is 15.9 Å². The normalized spacial score (nSPS) is 25.1. The van der Waals surface area contributed by atoms with Gasteiger partial charge < -0.3 is 0 Å². The van der Waals surface area contributed by atoms with E-state index >= 15 is 0 Å². The highest BCUT2D eigenvalue weighted by atomic mass is 79.9. The number of alkyl halides is 1. The maximum Gasteiger partial charge on any atom is 0.154 e. The summed E-state index contributed by atoms with van der Waals surface area (Å²) in [7, 11) is -2.90. The third-order valence-corrected chi connectivity index (χ3v) is 5.01. The van der Waals surface area contributed by atoms with Gasteiger partial charge in [0.05, 0.1) is 11.5 Å². The van der Waals surface area contributed by atoms with E-state index in [1.807, 2.05) is 24.3 Å². The highest BCUT2D eigenvalue weighted by molar-refractivity contribution is 9.09. The molecule has 0 unspecified atom stereocenters. The maximum atomic E-state index is 11.6. The Morgan fingerprint density at radius 1 is 1.29 bits per heavy atom. The molecule has 4 heteroatoms. The number of benzene rings is 1. The van der Waals surface area contributed by atoms with Crippen molar-refractivity contribution in [1.82, 2.24) is 0 Å². The summed E-state index contributed by atoms with van der Waals surface area (Å²) in [6.45, 7) is 0. The molecule has 0 aromatic heterocycles. The van der Waals surface area contributed by atoms with Gasteiger partial charge in [-0.25, -0.2) is 8.42 Å². The Labute approximate surface area is 92.4 Å². The first-order valence-electron chi connectivity index (χ1n) is 4.51. The lowest BCUT2D eigenvalue weighted by atomic mass is 10.0. The van der Waals surface area contributed by atoms with Crippen molar-refractivity contribution in [3.8, 4) is 0 Å². The number of rotatable bonds is 0. The summed E-state index contributed by atoms with van der Waals surface area (Å²) in [6.07, 6.45) is 0.666. The molecule has 14 heavy (non-hydrogen) atoms. The van der Waals surface area contributed by atoms with Crippen LogP contribution in [-0.4, -0.2) is 14.2 Å². The van der Waals surface area contributed by atoms with Crippen LogP contribution in [0.2, 0.25) is 0 Å². The lowest BCUT2D eigenvalue weighted by Gasteiger charge is -2.08. The summed E-state index contributed by atoms with van der Waals surface area (Å²) in [5, 5.41) is 0. The number of hydrogen-bond acceptors (Lipinski definition) is 2. The van der Waals surface area contributed by atoms with E-state index in [1.165, 1.54) is 0 Å². The van der Waals surface area contributed by atoms with Gasteiger partial charge in [-0.05, 0) is 17.5 Å². The average Bonchev–Trinajstić information content (AvgIpc) is 2.25. The summed E-state index contributed by atoms with van der Waals surface area (Å²) in [4.78, 5) is 0.177. The first-order chi connectivity index (χ1) is 6.58. The molecule has 1 heterocycles. The largest absolute Gasteiger partial charge is 0.228 e. The molecular weight excluding hydrogens is 264 g/mol. The quantitative estimate of drug-likeness (QED) is 0.681. The van der Waals surface area contributed by atoms with E-state index in [9.17, 15) is 8.42 Å². The third kappa shape index (κ3) is 2.01. The van der Waals surface area contributed by atoms with Crippen LogP contribution in [0.25, 0.3) is 0 Å². The van der Waals surface area contributed by atoms with Crippen LogP contribution in [0.1, 0.15) is 22.4 Å².